The first-order chi connectivity index (χ1) is 44.0. The molecule has 0 aliphatic carbocycles. The molecule has 2 saturated heterocycles. The molecule has 4 aromatic rings. The van der Waals surface area contributed by atoms with Gasteiger partial charge in [0.2, 0.25) is 11.8 Å². The second kappa shape index (κ2) is 38.4. The van der Waals surface area contributed by atoms with Gasteiger partial charge < -0.3 is 91.7 Å². The second-order valence-electron chi connectivity index (χ2n) is 21.3. The summed E-state index contributed by atoms with van der Waals surface area (Å²) in [5.41, 5.74) is 3.53. The Morgan fingerprint density at radius 2 is 0.892 bits per heavy atom. The molecule has 4 aromatic carbocycles. The van der Waals surface area contributed by atoms with Crippen LogP contribution in [0.25, 0.3) is 11.1 Å². The van der Waals surface area contributed by atoms with Gasteiger partial charge in [0.25, 0.3) is 35.2 Å². The molecule has 6 rings (SSSR count). The summed E-state index contributed by atoms with van der Waals surface area (Å²) < 4.78 is 23.0. The molecule has 2 fully saturated rings. The number of ether oxygens (including phenoxy) is 4. The van der Waals surface area contributed by atoms with Crippen molar-refractivity contribution in [1.29, 1.82) is 0 Å². The summed E-state index contributed by atoms with van der Waals surface area (Å²) in [6.07, 6.45) is -14.6. The topological polar surface area (TPSA) is 408 Å². The predicted molar refractivity (Wildman–Crippen MR) is 336 cm³/mol. The Bertz CT molecular complexity index is 3050. The van der Waals surface area contributed by atoms with E-state index in [2.05, 4.69) is 55.6 Å². The molecule has 494 valence electrons. The molecule has 0 aromatic heterocycles. The molecule has 0 spiro atoms. The third-order valence-electron chi connectivity index (χ3n) is 14.4. The van der Waals surface area contributed by atoms with Gasteiger partial charge in [-0.05, 0) is 84.0 Å². The molecular weight excluding hydrogens is 1260 g/mol. The predicted octanol–water partition coefficient (Wildman–Crippen LogP) is -3.25. The third-order valence-corrected chi connectivity index (χ3v) is 16.5. The summed E-state index contributed by atoms with van der Waals surface area (Å²) in [5.74, 6) is 0.308. The fourth-order valence-electron chi connectivity index (χ4n) is 9.67. The molecule has 6 amide bonds. The van der Waals surface area contributed by atoms with E-state index in [0.29, 0.717) is 71.2 Å². The van der Waals surface area contributed by atoms with Gasteiger partial charge in [-0.15, -0.1) is 0 Å². The number of aliphatic carboxylic acids is 2. The molecule has 26 nitrogen and oxygen atoms in total. The van der Waals surface area contributed by atoms with E-state index in [1.165, 1.54) is 23.5 Å². The number of nitrogens with one attached hydrogen (secondary N) is 6. The van der Waals surface area contributed by atoms with Crippen molar-refractivity contribution in [2.45, 2.75) is 112 Å². The zero-order chi connectivity index (χ0) is 66.8. The van der Waals surface area contributed by atoms with E-state index in [-0.39, 0.29) is 54.6 Å². The quantitative estimate of drug-likeness (QED) is 0.0134. The largest absolute Gasteiger partial charge is 1.00 e. The van der Waals surface area contributed by atoms with Gasteiger partial charge in [-0.3, -0.25) is 28.8 Å². The van der Waals surface area contributed by atoms with Gasteiger partial charge in [0.1, 0.15) is 24.4 Å². The molecule has 2 heterocycles. The Labute approximate surface area is 567 Å². The van der Waals surface area contributed by atoms with E-state index in [1.54, 1.807) is 109 Å². The molecular formula is C64H76N6NaO20S2+. The summed E-state index contributed by atoms with van der Waals surface area (Å²) in [6, 6.07) is 28.3. The number of benzene rings is 4. The van der Waals surface area contributed by atoms with Crippen LogP contribution in [0.4, 0.5) is 0 Å². The van der Waals surface area contributed by atoms with Gasteiger partial charge in [0.15, 0.2) is 0 Å². The van der Waals surface area contributed by atoms with E-state index < -0.39 is 134 Å². The Kier molecular flexibility index (Phi) is 31.7. The molecule has 0 saturated carbocycles. The second-order valence-corrected chi connectivity index (χ2v) is 23.8. The fourth-order valence-corrected chi connectivity index (χ4v) is 11.2. The van der Waals surface area contributed by atoms with Crippen molar-refractivity contribution >= 4 is 70.9 Å². The minimum absolute atomic E-state index is 0. The zero-order valence-electron chi connectivity index (χ0n) is 51.4. The van der Waals surface area contributed by atoms with Gasteiger partial charge in [0, 0.05) is 98.5 Å². The number of hydrogen-bond donors (Lipinski definition) is 14. The molecule has 0 radical (unpaired) electrons. The molecule has 29 heteroatoms. The van der Waals surface area contributed by atoms with Crippen LogP contribution in [0.1, 0.15) is 71.4 Å². The number of hydrogen-bond acceptors (Lipinski definition) is 20. The van der Waals surface area contributed by atoms with E-state index in [4.69, 9.17) is 18.9 Å². The van der Waals surface area contributed by atoms with Gasteiger partial charge in [-0.25, -0.2) is 9.59 Å². The summed E-state index contributed by atoms with van der Waals surface area (Å²) >= 11 is 2.90. The number of thioether (sulfide) groups is 2. The van der Waals surface area contributed by atoms with Crippen LogP contribution in [0.2, 0.25) is 0 Å². The van der Waals surface area contributed by atoms with Gasteiger partial charge >= 0.3 is 41.5 Å². The van der Waals surface area contributed by atoms with Crippen LogP contribution < -0.4 is 61.5 Å². The molecule has 0 bridgehead atoms. The molecule has 2 unspecified atom stereocenters. The van der Waals surface area contributed by atoms with Crippen LogP contribution in [-0.2, 0) is 47.7 Å². The number of amides is 6. The van der Waals surface area contributed by atoms with Crippen molar-refractivity contribution in [2.75, 3.05) is 62.4 Å². The van der Waals surface area contributed by atoms with Crippen molar-refractivity contribution in [2.24, 2.45) is 0 Å². The normalized spacial score (nSPS) is 21.9. The minimum atomic E-state index is -2.48. The number of rotatable bonds is 31. The maximum absolute atomic E-state index is 13.0. The average Bonchev–Trinajstić information content (AvgIpc) is 0.866. The zero-order valence-corrected chi connectivity index (χ0v) is 55.0. The molecule has 2 aliphatic rings. The van der Waals surface area contributed by atoms with Crippen LogP contribution in [0.15, 0.2) is 109 Å². The summed E-state index contributed by atoms with van der Waals surface area (Å²) in [4.78, 5) is 100. The molecule has 2 aliphatic heterocycles. The smallest absolute Gasteiger partial charge is 0.477 e. The molecule has 93 heavy (non-hydrogen) atoms. The molecule has 14 N–H and O–H groups in total. The van der Waals surface area contributed by atoms with Crippen LogP contribution in [0.5, 0.6) is 0 Å². The molecule has 12 atom stereocenters. The summed E-state index contributed by atoms with van der Waals surface area (Å²) in [6.45, 7) is 1.47. The van der Waals surface area contributed by atoms with Crippen molar-refractivity contribution in [1.82, 2.24) is 31.9 Å². The Morgan fingerprint density at radius 3 is 1.23 bits per heavy atom. The van der Waals surface area contributed by atoms with Gasteiger partial charge in [-0.2, -0.15) is 23.5 Å². The summed E-state index contributed by atoms with van der Waals surface area (Å²) in [7, 11) is 0. The van der Waals surface area contributed by atoms with Crippen molar-refractivity contribution in [3.63, 3.8) is 0 Å². The number of aliphatic hydroxyl groups is 6. The number of carboxylic acid groups (broad SMARTS) is 2. The van der Waals surface area contributed by atoms with Crippen molar-refractivity contribution < 1.29 is 128 Å². The van der Waals surface area contributed by atoms with Crippen molar-refractivity contribution in [3.05, 3.63) is 131 Å². The van der Waals surface area contributed by atoms with E-state index in [1.807, 2.05) is 0 Å². The van der Waals surface area contributed by atoms with Crippen LogP contribution in [0.3, 0.4) is 0 Å². The first-order valence-corrected chi connectivity index (χ1v) is 31.7. The number of carboxylic acids is 2. The van der Waals surface area contributed by atoms with Crippen LogP contribution in [-0.4, -0.2) is 223 Å². The number of aliphatic hydroxyl groups excluding tert-OH is 6. The Balaban J connectivity index is 0.0000157. The number of carbonyl (C=O) groups is 8. The minimum Gasteiger partial charge on any atom is -0.477 e. The van der Waals surface area contributed by atoms with E-state index in [0.717, 1.165) is 25.0 Å². The Hall–Kier alpha value is -6.94. The maximum atomic E-state index is 13.0. The van der Waals surface area contributed by atoms with E-state index >= 15 is 0 Å². The SMILES string of the molecule is CC(=O)N[C@@H]1[C@@H](O)C[C@](OCCCSCCNC(=O)c2ccc(-c3ccc(C(=O)NCCSCCCO[C@]4(C(=O)O)C[C@H](O)[C@@H](NC(C)=O)[C@H](C(O)[C@H](O)CNC(=O)C#Cc5ccccc5)O4)cc3)cc2)(C(=O)O)O[C@H]1C(O)[C@H](O)CNC(=O)C#Cc1ccccc1.[Na+]. The van der Waals surface area contributed by atoms with Gasteiger partial charge in [-0.1, -0.05) is 72.5 Å². The summed E-state index contributed by atoms with van der Waals surface area (Å²) in [5, 5.41) is 102. The van der Waals surface area contributed by atoms with Crippen molar-refractivity contribution in [3.8, 4) is 34.8 Å². The number of carbonyl (C=O) groups excluding carboxylic acids is 6. The monoisotopic (exact) mass is 1340 g/mol. The maximum Gasteiger partial charge on any atom is 1.00 e. The third kappa shape index (κ3) is 23.8. The van der Waals surface area contributed by atoms with Crippen LogP contribution in [0, 0.1) is 23.7 Å². The average molecular weight is 1340 g/mol. The van der Waals surface area contributed by atoms with E-state index in [9.17, 15) is 79.2 Å². The van der Waals surface area contributed by atoms with Crippen LogP contribution >= 0.6 is 23.5 Å². The Morgan fingerprint density at radius 1 is 0.538 bits per heavy atom. The first-order valence-electron chi connectivity index (χ1n) is 29.4. The van der Waals surface area contributed by atoms with Gasteiger partial charge in [0.05, 0.1) is 49.7 Å². The fraction of sp³-hybridized carbons (Fsp3) is 0.438. The standard InChI is InChI=1S/C64H76N6O20S2.Na/c1-39(71)69-53-47(73)35-63(61(83)84,89-57(53)55(79)49(75)37-67-51(77)25-15-41-11-5-3-6-12-41)87-29-9-31-91-33-27-65-59(81)45-21-17-43(18-22-45)44-19-23-46(24-20-44)60(82)66-28-34-92-32-10-30-88-64(62(85)86)36-48(74)54(70-40(2)72)58(90-64)56(80)50(76)38-68-52(78)26-16-42-13-7-4-8-14-42;/h3-8,11-14,17-24,47-50,53-58,73-76,79-80H,9-10,27-38H2,1-2H3,(H,65,81)(H,66,82)(H,67,77)(H,68,78)(H,69,71)(H,70,72)(H,83,84)(H,85,86);/q;+1/t47-,48-,49+,50+,53+,54+,55?,56?,57+,58+,63+,64+;/m0./s1. The first kappa shape index (κ1) is 76.8.